The highest BCUT2D eigenvalue weighted by molar-refractivity contribution is 9.10. The maximum Gasteiger partial charge on any atom is 0.313 e. The van der Waals surface area contributed by atoms with Gasteiger partial charge >= 0.3 is 5.56 Å². The smallest absolute Gasteiger partial charge is 0.313 e. The Morgan fingerprint density at radius 3 is 2.61 bits per heavy atom. The SMILES string of the molecule is COc1nc(Br)c(C)n(Cc2ccccc2)c1=O. The Labute approximate surface area is 113 Å². The van der Waals surface area contributed by atoms with E-state index in [1.165, 1.54) is 7.11 Å². The van der Waals surface area contributed by atoms with Gasteiger partial charge in [0.05, 0.1) is 19.3 Å². The fourth-order valence-corrected chi connectivity index (χ4v) is 2.06. The summed E-state index contributed by atoms with van der Waals surface area (Å²) in [4.78, 5) is 16.2. The minimum Gasteiger partial charge on any atom is -0.477 e. The van der Waals surface area contributed by atoms with Crippen molar-refractivity contribution in [2.75, 3.05) is 7.11 Å². The molecule has 0 amide bonds. The first kappa shape index (κ1) is 12.8. The van der Waals surface area contributed by atoms with Crippen molar-refractivity contribution in [3.63, 3.8) is 0 Å². The minimum atomic E-state index is -0.220. The van der Waals surface area contributed by atoms with Crippen LogP contribution < -0.4 is 10.3 Å². The van der Waals surface area contributed by atoms with E-state index < -0.39 is 0 Å². The van der Waals surface area contributed by atoms with Crippen LogP contribution in [0.4, 0.5) is 0 Å². The number of methoxy groups -OCH3 is 1. The number of hydrogen-bond acceptors (Lipinski definition) is 3. The molecule has 0 spiro atoms. The molecular weight excluding hydrogens is 296 g/mol. The second-order valence-electron chi connectivity index (χ2n) is 3.87. The summed E-state index contributed by atoms with van der Waals surface area (Å²) < 4.78 is 7.25. The van der Waals surface area contributed by atoms with Crippen LogP contribution in [0.2, 0.25) is 0 Å². The molecule has 0 saturated heterocycles. The van der Waals surface area contributed by atoms with E-state index >= 15 is 0 Å². The highest BCUT2D eigenvalue weighted by atomic mass is 79.9. The molecule has 0 aliphatic carbocycles. The number of ether oxygens (including phenoxy) is 1. The van der Waals surface area contributed by atoms with E-state index in [0.29, 0.717) is 11.1 Å². The Morgan fingerprint density at radius 1 is 1.33 bits per heavy atom. The van der Waals surface area contributed by atoms with Crippen molar-refractivity contribution in [3.8, 4) is 5.88 Å². The molecule has 18 heavy (non-hydrogen) atoms. The lowest BCUT2D eigenvalue weighted by Gasteiger charge is -2.12. The molecule has 1 heterocycles. The molecule has 0 fully saturated rings. The second kappa shape index (κ2) is 5.35. The van der Waals surface area contributed by atoms with Crippen LogP contribution in [-0.4, -0.2) is 16.7 Å². The summed E-state index contributed by atoms with van der Waals surface area (Å²) in [5.74, 6) is 0.100. The van der Waals surface area contributed by atoms with Crippen molar-refractivity contribution in [2.45, 2.75) is 13.5 Å². The van der Waals surface area contributed by atoms with Gasteiger partial charge in [0, 0.05) is 0 Å². The molecule has 0 saturated carbocycles. The fraction of sp³-hybridized carbons (Fsp3) is 0.231. The number of halogens is 1. The second-order valence-corrected chi connectivity index (χ2v) is 4.63. The van der Waals surface area contributed by atoms with Gasteiger partial charge in [-0.1, -0.05) is 30.3 Å². The lowest BCUT2D eigenvalue weighted by atomic mass is 10.2. The maximum atomic E-state index is 12.1. The topological polar surface area (TPSA) is 44.1 Å². The average Bonchev–Trinajstić information content (AvgIpc) is 2.40. The average molecular weight is 309 g/mol. The predicted octanol–water partition coefficient (Wildman–Crippen LogP) is 2.37. The molecule has 0 aliphatic heterocycles. The lowest BCUT2D eigenvalue weighted by Crippen LogP contribution is -2.25. The van der Waals surface area contributed by atoms with Crippen molar-refractivity contribution in [3.05, 3.63) is 56.5 Å². The minimum absolute atomic E-state index is 0.100. The monoisotopic (exact) mass is 308 g/mol. The molecule has 1 aromatic heterocycles. The number of rotatable bonds is 3. The van der Waals surface area contributed by atoms with Gasteiger partial charge in [-0.25, -0.2) is 0 Å². The van der Waals surface area contributed by atoms with Gasteiger partial charge in [0.15, 0.2) is 0 Å². The third-order valence-corrected chi connectivity index (χ3v) is 3.46. The normalized spacial score (nSPS) is 10.4. The number of benzene rings is 1. The summed E-state index contributed by atoms with van der Waals surface area (Å²) in [5, 5.41) is 0. The molecular formula is C13H13BrN2O2. The van der Waals surface area contributed by atoms with E-state index in [1.807, 2.05) is 37.3 Å². The number of hydrogen-bond donors (Lipinski definition) is 0. The Morgan fingerprint density at radius 2 is 2.00 bits per heavy atom. The summed E-state index contributed by atoms with van der Waals surface area (Å²) in [5.41, 5.74) is 1.62. The van der Waals surface area contributed by atoms with E-state index in [2.05, 4.69) is 20.9 Å². The zero-order valence-electron chi connectivity index (χ0n) is 10.2. The Kier molecular flexibility index (Phi) is 3.81. The fourth-order valence-electron chi connectivity index (χ4n) is 1.69. The molecule has 5 heteroatoms. The van der Waals surface area contributed by atoms with E-state index in [0.717, 1.165) is 11.3 Å². The van der Waals surface area contributed by atoms with Crippen LogP contribution in [0, 0.1) is 6.92 Å². The molecule has 0 N–H and O–H groups in total. The van der Waals surface area contributed by atoms with Crippen LogP contribution in [-0.2, 0) is 6.54 Å². The van der Waals surface area contributed by atoms with E-state index in [-0.39, 0.29) is 11.4 Å². The standard InChI is InChI=1S/C13H13BrN2O2/c1-9-11(14)15-12(18-2)13(17)16(9)8-10-6-4-3-5-7-10/h3-7H,8H2,1-2H3. The maximum absolute atomic E-state index is 12.1. The summed E-state index contributed by atoms with van der Waals surface area (Å²) in [7, 11) is 1.44. The number of aromatic nitrogens is 2. The molecule has 0 unspecified atom stereocenters. The Bertz CT molecular complexity index is 608. The summed E-state index contributed by atoms with van der Waals surface area (Å²) in [6, 6.07) is 9.80. The quantitative estimate of drug-likeness (QED) is 0.874. The van der Waals surface area contributed by atoms with Gasteiger partial charge in [0.2, 0.25) is 0 Å². The van der Waals surface area contributed by atoms with Crippen molar-refractivity contribution >= 4 is 15.9 Å². The predicted molar refractivity (Wildman–Crippen MR) is 73.0 cm³/mol. The molecule has 0 bridgehead atoms. The van der Waals surface area contributed by atoms with Gasteiger partial charge in [-0.15, -0.1) is 0 Å². The molecule has 0 atom stereocenters. The van der Waals surface area contributed by atoms with E-state index in [4.69, 9.17) is 4.74 Å². The van der Waals surface area contributed by atoms with Crippen LogP contribution in [0.5, 0.6) is 5.88 Å². The third-order valence-electron chi connectivity index (χ3n) is 2.71. The van der Waals surface area contributed by atoms with Gasteiger partial charge in [-0.3, -0.25) is 4.79 Å². The first-order valence-corrected chi connectivity index (χ1v) is 6.27. The molecule has 0 radical (unpaired) electrons. The first-order valence-electron chi connectivity index (χ1n) is 5.48. The molecule has 1 aromatic carbocycles. The van der Waals surface area contributed by atoms with Gasteiger partial charge < -0.3 is 9.30 Å². The largest absolute Gasteiger partial charge is 0.477 e. The van der Waals surface area contributed by atoms with Crippen molar-refractivity contribution in [1.29, 1.82) is 0 Å². The summed E-state index contributed by atoms with van der Waals surface area (Å²) >= 11 is 3.33. The molecule has 94 valence electrons. The Balaban J connectivity index is 2.50. The van der Waals surface area contributed by atoms with Gasteiger partial charge in [0.1, 0.15) is 4.60 Å². The summed E-state index contributed by atoms with van der Waals surface area (Å²) in [6.07, 6.45) is 0. The van der Waals surface area contributed by atoms with E-state index in [1.54, 1.807) is 4.57 Å². The first-order chi connectivity index (χ1) is 8.63. The highest BCUT2D eigenvalue weighted by Crippen LogP contribution is 2.15. The van der Waals surface area contributed by atoms with Gasteiger partial charge in [0.25, 0.3) is 5.88 Å². The van der Waals surface area contributed by atoms with Crippen LogP contribution >= 0.6 is 15.9 Å². The highest BCUT2D eigenvalue weighted by Gasteiger charge is 2.12. The van der Waals surface area contributed by atoms with Crippen LogP contribution in [0.3, 0.4) is 0 Å². The van der Waals surface area contributed by atoms with Crippen LogP contribution in [0.1, 0.15) is 11.3 Å². The Hall–Kier alpha value is -1.62. The molecule has 2 aromatic rings. The van der Waals surface area contributed by atoms with E-state index in [9.17, 15) is 4.79 Å². The van der Waals surface area contributed by atoms with Gasteiger partial charge in [-0.2, -0.15) is 4.98 Å². The van der Waals surface area contributed by atoms with Crippen LogP contribution in [0.25, 0.3) is 0 Å². The van der Waals surface area contributed by atoms with Crippen LogP contribution in [0.15, 0.2) is 39.7 Å². The molecule has 2 rings (SSSR count). The number of nitrogens with zero attached hydrogens (tertiary/aromatic N) is 2. The molecule has 0 aliphatic rings. The summed E-state index contributed by atoms with van der Waals surface area (Å²) in [6.45, 7) is 2.35. The third kappa shape index (κ3) is 2.46. The zero-order chi connectivity index (χ0) is 13.1. The van der Waals surface area contributed by atoms with Gasteiger partial charge in [-0.05, 0) is 28.4 Å². The van der Waals surface area contributed by atoms with Crippen molar-refractivity contribution < 1.29 is 4.74 Å². The lowest BCUT2D eigenvalue weighted by molar-refractivity contribution is 0.383. The van der Waals surface area contributed by atoms with Crippen molar-refractivity contribution in [2.24, 2.45) is 0 Å². The zero-order valence-corrected chi connectivity index (χ0v) is 11.8. The van der Waals surface area contributed by atoms with Crippen molar-refractivity contribution in [1.82, 2.24) is 9.55 Å². The molecule has 4 nitrogen and oxygen atoms in total.